The fourth-order valence-electron chi connectivity index (χ4n) is 2.39. The summed E-state index contributed by atoms with van der Waals surface area (Å²) in [5.41, 5.74) is 6.67. The van der Waals surface area contributed by atoms with Gasteiger partial charge in [-0.05, 0) is 37.8 Å². The van der Waals surface area contributed by atoms with Crippen molar-refractivity contribution in [3.8, 4) is 0 Å². The maximum atomic E-state index is 5.95. The van der Waals surface area contributed by atoms with Gasteiger partial charge in [0.05, 0.1) is 5.69 Å². The number of aromatic nitrogens is 1. The monoisotopic (exact) mass is 239 g/mol. The first-order valence-corrected chi connectivity index (χ1v) is 6.14. The number of pyridine rings is 1. The van der Waals surface area contributed by atoms with Crippen LogP contribution in [0.15, 0.2) is 12.1 Å². The Morgan fingerprint density at radius 3 is 2.88 bits per heavy atom. The molecular formula is C12H18ClN3. The molecule has 1 aliphatic heterocycles. The summed E-state index contributed by atoms with van der Waals surface area (Å²) in [5, 5.41) is 0.509. The van der Waals surface area contributed by atoms with Gasteiger partial charge in [-0.2, -0.15) is 0 Å². The van der Waals surface area contributed by atoms with Gasteiger partial charge in [-0.3, -0.25) is 0 Å². The van der Waals surface area contributed by atoms with Crippen LogP contribution in [-0.2, 0) is 0 Å². The second-order valence-corrected chi connectivity index (χ2v) is 5.11. The van der Waals surface area contributed by atoms with Gasteiger partial charge in [0, 0.05) is 12.6 Å². The highest BCUT2D eigenvalue weighted by Crippen LogP contribution is 2.30. The molecule has 2 atom stereocenters. The van der Waals surface area contributed by atoms with E-state index in [4.69, 9.17) is 17.3 Å². The SMILES string of the molecule is CC1CCN(c2nc(Cl)ccc2N)C(C)C1. The Balaban J connectivity index is 2.26. The molecule has 88 valence electrons. The molecule has 16 heavy (non-hydrogen) atoms. The van der Waals surface area contributed by atoms with Gasteiger partial charge in [0.15, 0.2) is 5.82 Å². The summed E-state index contributed by atoms with van der Waals surface area (Å²) in [4.78, 5) is 6.60. The maximum Gasteiger partial charge on any atom is 0.153 e. The molecule has 0 spiro atoms. The van der Waals surface area contributed by atoms with Crippen molar-refractivity contribution in [2.75, 3.05) is 17.2 Å². The van der Waals surface area contributed by atoms with Crippen LogP contribution in [0, 0.1) is 5.92 Å². The Morgan fingerprint density at radius 1 is 1.44 bits per heavy atom. The lowest BCUT2D eigenvalue weighted by atomic mass is 9.93. The van der Waals surface area contributed by atoms with Gasteiger partial charge >= 0.3 is 0 Å². The highest BCUT2D eigenvalue weighted by molar-refractivity contribution is 6.29. The molecule has 2 rings (SSSR count). The molecule has 4 heteroatoms. The van der Waals surface area contributed by atoms with Crippen molar-refractivity contribution in [3.63, 3.8) is 0 Å². The Labute approximate surface area is 102 Å². The van der Waals surface area contributed by atoms with E-state index in [-0.39, 0.29) is 0 Å². The molecule has 0 amide bonds. The number of nitrogens with zero attached hydrogens (tertiary/aromatic N) is 2. The molecule has 0 saturated carbocycles. The second kappa shape index (κ2) is 4.50. The number of halogens is 1. The molecule has 2 heterocycles. The fraction of sp³-hybridized carbons (Fsp3) is 0.583. The zero-order chi connectivity index (χ0) is 11.7. The highest BCUT2D eigenvalue weighted by atomic mass is 35.5. The third-order valence-corrected chi connectivity index (χ3v) is 3.49. The second-order valence-electron chi connectivity index (χ2n) is 4.72. The van der Waals surface area contributed by atoms with E-state index in [1.165, 1.54) is 12.8 Å². The predicted molar refractivity (Wildman–Crippen MR) is 68.9 cm³/mol. The van der Waals surface area contributed by atoms with Crippen molar-refractivity contribution in [2.24, 2.45) is 5.92 Å². The lowest BCUT2D eigenvalue weighted by Crippen LogP contribution is -2.41. The van der Waals surface area contributed by atoms with E-state index in [2.05, 4.69) is 23.7 Å². The number of hydrogen-bond acceptors (Lipinski definition) is 3. The maximum absolute atomic E-state index is 5.95. The Hall–Kier alpha value is -0.960. The molecule has 0 aliphatic carbocycles. The van der Waals surface area contributed by atoms with Crippen molar-refractivity contribution >= 4 is 23.1 Å². The molecule has 1 aromatic heterocycles. The Kier molecular flexibility index (Phi) is 3.24. The van der Waals surface area contributed by atoms with Crippen LogP contribution in [0.25, 0.3) is 0 Å². The average molecular weight is 240 g/mol. The van der Waals surface area contributed by atoms with Crippen LogP contribution >= 0.6 is 11.6 Å². The van der Waals surface area contributed by atoms with Gasteiger partial charge in [-0.15, -0.1) is 0 Å². The zero-order valence-corrected chi connectivity index (χ0v) is 10.5. The summed E-state index contributed by atoms with van der Waals surface area (Å²) in [6, 6.07) is 4.05. The summed E-state index contributed by atoms with van der Waals surface area (Å²) in [5.74, 6) is 1.62. The largest absolute Gasteiger partial charge is 0.396 e. The topological polar surface area (TPSA) is 42.2 Å². The van der Waals surface area contributed by atoms with E-state index in [9.17, 15) is 0 Å². The first kappa shape index (κ1) is 11.5. The lowest BCUT2D eigenvalue weighted by molar-refractivity contribution is 0.376. The zero-order valence-electron chi connectivity index (χ0n) is 9.78. The van der Waals surface area contributed by atoms with E-state index in [1.807, 2.05) is 6.07 Å². The van der Waals surface area contributed by atoms with Crippen molar-refractivity contribution in [1.29, 1.82) is 0 Å². The standard InChI is InChI=1S/C12H18ClN3/c1-8-5-6-16(9(2)7-8)12-10(14)3-4-11(13)15-12/h3-4,8-9H,5-7,14H2,1-2H3. The van der Waals surface area contributed by atoms with Crippen LogP contribution in [0.4, 0.5) is 11.5 Å². The molecular weight excluding hydrogens is 222 g/mol. The Bertz CT molecular complexity index is 381. The summed E-state index contributed by atoms with van der Waals surface area (Å²) in [6.45, 7) is 5.53. The van der Waals surface area contributed by atoms with E-state index in [0.29, 0.717) is 16.9 Å². The van der Waals surface area contributed by atoms with Gasteiger partial charge in [0.2, 0.25) is 0 Å². The minimum absolute atomic E-state index is 0.483. The van der Waals surface area contributed by atoms with Crippen LogP contribution < -0.4 is 10.6 Å². The van der Waals surface area contributed by atoms with Gasteiger partial charge in [-0.25, -0.2) is 4.98 Å². The summed E-state index contributed by atoms with van der Waals surface area (Å²) >= 11 is 5.92. The van der Waals surface area contributed by atoms with Crippen LogP contribution in [-0.4, -0.2) is 17.6 Å². The molecule has 1 fully saturated rings. The predicted octanol–water partition coefficient (Wildman–Crippen LogP) is 2.94. The number of piperidine rings is 1. The highest BCUT2D eigenvalue weighted by Gasteiger charge is 2.25. The van der Waals surface area contributed by atoms with Gasteiger partial charge < -0.3 is 10.6 Å². The summed E-state index contributed by atoms with van der Waals surface area (Å²) < 4.78 is 0. The van der Waals surface area contributed by atoms with Crippen LogP contribution in [0.2, 0.25) is 5.15 Å². The van der Waals surface area contributed by atoms with E-state index >= 15 is 0 Å². The fourth-order valence-corrected chi connectivity index (χ4v) is 2.53. The molecule has 3 nitrogen and oxygen atoms in total. The molecule has 0 radical (unpaired) electrons. The molecule has 2 unspecified atom stereocenters. The smallest absolute Gasteiger partial charge is 0.153 e. The number of hydrogen-bond donors (Lipinski definition) is 1. The summed E-state index contributed by atoms with van der Waals surface area (Å²) in [7, 11) is 0. The van der Waals surface area contributed by atoms with E-state index in [0.717, 1.165) is 18.3 Å². The molecule has 1 aromatic rings. The van der Waals surface area contributed by atoms with Gasteiger partial charge in [0.1, 0.15) is 5.15 Å². The van der Waals surface area contributed by atoms with Gasteiger partial charge in [-0.1, -0.05) is 18.5 Å². The number of anilines is 2. The van der Waals surface area contributed by atoms with Crippen molar-refractivity contribution in [3.05, 3.63) is 17.3 Å². The normalized spacial score (nSPS) is 25.8. The summed E-state index contributed by atoms with van der Waals surface area (Å²) in [6.07, 6.45) is 2.38. The minimum Gasteiger partial charge on any atom is -0.396 e. The third kappa shape index (κ3) is 2.24. The molecule has 0 bridgehead atoms. The van der Waals surface area contributed by atoms with Crippen molar-refractivity contribution in [2.45, 2.75) is 32.7 Å². The lowest BCUT2D eigenvalue weighted by Gasteiger charge is -2.37. The van der Waals surface area contributed by atoms with Gasteiger partial charge in [0.25, 0.3) is 0 Å². The van der Waals surface area contributed by atoms with Crippen LogP contribution in [0.3, 0.4) is 0 Å². The molecule has 1 saturated heterocycles. The Morgan fingerprint density at radius 2 is 2.19 bits per heavy atom. The molecule has 0 aromatic carbocycles. The average Bonchev–Trinajstić information content (AvgIpc) is 2.22. The van der Waals surface area contributed by atoms with E-state index < -0.39 is 0 Å². The minimum atomic E-state index is 0.483. The van der Waals surface area contributed by atoms with Crippen molar-refractivity contribution in [1.82, 2.24) is 4.98 Å². The van der Waals surface area contributed by atoms with Crippen molar-refractivity contribution < 1.29 is 0 Å². The molecule has 1 aliphatic rings. The van der Waals surface area contributed by atoms with E-state index in [1.54, 1.807) is 6.07 Å². The first-order chi connectivity index (χ1) is 7.58. The first-order valence-electron chi connectivity index (χ1n) is 5.76. The third-order valence-electron chi connectivity index (χ3n) is 3.28. The number of rotatable bonds is 1. The number of nitrogens with two attached hydrogens (primary N) is 1. The quantitative estimate of drug-likeness (QED) is 0.767. The van der Waals surface area contributed by atoms with Crippen LogP contribution in [0.1, 0.15) is 26.7 Å². The number of nitrogen functional groups attached to an aromatic ring is 1. The molecule has 2 N–H and O–H groups in total. The van der Waals surface area contributed by atoms with Crippen LogP contribution in [0.5, 0.6) is 0 Å².